The molecule has 154 valence electrons. The lowest BCUT2D eigenvalue weighted by Gasteiger charge is -2.25. The van der Waals surface area contributed by atoms with Crippen molar-refractivity contribution in [1.82, 2.24) is 9.88 Å². The molecule has 0 aliphatic carbocycles. The van der Waals surface area contributed by atoms with Gasteiger partial charge in [-0.15, -0.1) is 0 Å². The minimum Gasteiger partial charge on any atom is -0.507 e. The number of nitrogens with zero attached hydrogens (tertiary/aromatic N) is 1. The molecule has 2 aromatic carbocycles. The maximum Gasteiger partial charge on any atom is 0.295 e. The summed E-state index contributed by atoms with van der Waals surface area (Å²) in [6.45, 7) is 2.48. The molecule has 1 atom stereocenters. The number of hydrogen-bond donors (Lipinski definition) is 2. The predicted octanol–water partition coefficient (Wildman–Crippen LogP) is 4.40. The quantitative estimate of drug-likeness (QED) is 0.362. The van der Waals surface area contributed by atoms with E-state index in [-0.39, 0.29) is 11.3 Å². The van der Waals surface area contributed by atoms with Gasteiger partial charge in [0.05, 0.1) is 18.7 Å². The highest BCUT2D eigenvalue weighted by Gasteiger charge is 2.45. The smallest absolute Gasteiger partial charge is 0.295 e. The molecule has 0 bridgehead atoms. The molecular weight excluding hydrogens is 380 g/mol. The zero-order valence-electron chi connectivity index (χ0n) is 17.0. The third-order valence-electron chi connectivity index (χ3n) is 5.57. The number of H-pyrrole nitrogens is 1. The van der Waals surface area contributed by atoms with Gasteiger partial charge in [-0.2, -0.15) is 0 Å². The second-order valence-corrected chi connectivity index (χ2v) is 7.37. The number of aliphatic hydroxyl groups excluding tert-OH is 1. The number of benzene rings is 2. The van der Waals surface area contributed by atoms with Crippen molar-refractivity contribution in [2.75, 3.05) is 13.7 Å². The van der Waals surface area contributed by atoms with Crippen molar-refractivity contribution in [2.45, 2.75) is 25.8 Å². The Morgan fingerprint density at radius 3 is 2.57 bits per heavy atom. The van der Waals surface area contributed by atoms with E-state index < -0.39 is 17.7 Å². The summed E-state index contributed by atoms with van der Waals surface area (Å²) in [5.74, 6) is -0.716. The molecule has 30 heavy (non-hydrogen) atoms. The lowest BCUT2D eigenvalue weighted by atomic mass is 9.95. The number of carbonyl (C=O) groups is 2. The highest BCUT2D eigenvalue weighted by molar-refractivity contribution is 6.46. The number of para-hydroxylation sites is 1. The van der Waals surface area contributed by atoms with Gasteiger partial charge in [0.2, 0.25) is 0 Å². The molecule has 0 spiro atoms. The van der Waals surface area contributed by atoms with Crippen LogP contribution in [-0.2, 0) is 9.59 Å². The maximum atomic E-state index is 13.0. The number of aliphatic hydroxyl groups is 1. The molecule has 4 rings (SSSR count). The number of carbonyl (C=O) groups excluding carboxylic acids is 2. The standard InChI is InChI=1S/C24H24N2O4/c1-3-4-13-26-21(15-9-11-16(30-2)12-10-15)20(23(28)24(26)29)22(27)18-14-25-19-8-6-5-7-17(18)19/h5-12,14,21,25,27H,3-4,13H2,1-2H3/b22-20-. The molecule has 6 nitrogen and oxygen atoms in total. The molecule has 1 saturated heterocycles. The van der Waals surface area contributed by atoms with E-state index in [0.717, 1.165) is 29.3 Å². The normalized spacial score (nSPS) is 18.3. The summed E-state index contributed by atoms with van der Waals surface area (Å²) in [4.78, 5) is 30.6. The molecule has 1 fully saturated rings. The number of ketones is 1. The zero-order valence-corrected chi connectivity index (χ0v) is 17.0. The van der Waals surface area contributed by atoms with E-state index in [1.165, 1.54) is 0 Å². The number of unbranched alkanes of at least 4 members (excludes halogenated alkanes) is 1. The fourth-order valence-electron chi connectivity index (χ4n) is 3.98. The molecule has 1 aliphatic rings. The molecule has 2 N–H and O–H groups in total. The van der Waals surface area contributed by atoms with Gasteiger partial charge in [0.25, 0.3) is 11.7 Å². The number of fused-ring (bicyclic) bond motifs is 1. The summed E-state index contributed by atoms with van der Waals surface area (Å²) in [5.41, 5.74) is 2.23. The predicted molar refractivity (Wildman–Crippen MR) is 115 cm³/mol. The van der Waals surface area contributed by atoms with Crippen molar-refractivity contribution in [3.63, 3.8) is 0 Å². The Bertz CT molecular complexity index is 1130. The summed E-state index contributed by atoms with van der Waals surface area (Å²) in [6.07, 6.45) is 3.33. The van der Waals surface area contributed by atoms with E-state index in [4.69, 9.17) is 4.74 Å². The van der Waals surface area contributed by atoms with Crippen LogP contribution in [0.15, 0.2) is 60.3 Å². The Kier molecular flexibility index (Phi) is 5.31. The van der Waals surface area contributed by atoms with Crippen LogP contribution in [0.1, 0.15) is 36.9 Å². The molecule has 2 heterocycles. The number of likely N-dealkylation sites (tertiary alicyclic amines) is 1. The van der Waals surface area contributed by atoms with Crippen LogP contribution < -0.4 is 4.74 Å². The van der Waals surface area contributed by atoms with Crippen LogP contribution in [0.5, 0.6) is 5.75 Å². The van der Waals surface area contributed by atoms with Crippen molar-refractivity contribution >= 4 is 28.4 Å². The number of aromatic amines is 1. The second-order valence-electron chi connectivity index (χ2n) is 7.37. The molecule has 0 radical (unpaired) electrons. The van der Waals surface area contributed by atoms with Crippen LogP contribution in [-0.4, -0.2) is 40.3 Å². The summed E-state index contributed by atoms with van der Waals surface area (Å²) < 4.78 is 5.23. The number of hydrogen-bond acceptors (Lipinski definition) is 4. The number of amides is 1. The summed E-state index contributed by atoms with van der Waals surface area (Å²) in [5, 5.41) is 12.0. The van der Waals surface area contributed by atoms with Gasteiger partial charge in [0.15, 0.2) is 0 Å². The van der Waals surface area contributed by atoms with Crippen LogP contribution in [0.3, 0.4) is 0 Å². The van der Waals surface area contributed by atoms with Gasteiger partial charge in [0, 0.05) is 29.2 Å². The van der Waals surface area contributed by atoms with Gasteiger partial charge in [0.1, 0.15) is 11.5 Å². The average Bonchev–Trinajstić information content (AvgIpc) is 3.31. The third kappa shape index (κ3) is 3.24. The van der Waals surface area contributed by atoms with Crippen LogP contribution >= 0.6 is 0 Å². The summed E-state index contributed by atoms with van der Waals surface area (Å²) >= 11 is 0. The van der Waals surface area contributed by atoms with Crippen molar-refractivity contribution in [2.24, 2.45) is 0 Å². The molecule has 1 aromatic heterocycles. The molecule has 6 heteroatoms. The highest BCUT2D eigenvalue weighted by atomic mass is 16.5. The fourth-order valence-corrected chi connectivity index (χ4v) is 3.98. The molecule has 3 aromatic rings. The molecule has 1 aliphatic heterocycles. The van der Waals surface area contributed by atoms with E-state index in [2.05, 4.69) is 4.98 Å². The monoisotopic (exact) mass is 404 g/mol. The van der Waals surface area contributed by atoms with Gasteiger partial charge in [-0.25, -0.2) is 0 Å². The lowest BCUT2D eigenvalue weighted by Crippen LogP contribution is -2.30. The number of Topliss-reactive ketones (excluding diaryl/α,β-unsaturated/α-hetero) is 1. The Morgan fingerprint density at radius 2 is 1.87 bits per heavy atom. The molecule has 1 amide bonds. The minimum atomic E-state index is -0.658. The molecule has 0 saturated carbocycles. The molecular formula is C24H24N2O4. The first-order valence-electron chi connectivity index (χ1n) is 10.1. The number of ether oxygens (including phenoxy) is 1. The van der Waals surface area contributed by atoms with Crippen LogP contribution in [0.2, 0.25) is 0 Å². The number of aromatic nitrogens is 1. The first-order chi connectivity index (χ1) is 14.6. The number of rotatable bonds is 6. The van der Waals surface area contributed by atoms with Crippen LogP contribution in [0.4, 0.5) is 0 Å². The summed E-state index contributed by atoms with van der Waals surface area (Å²) in [6, 6.07) is 14.1. The molecule has 1 unspecified atom stereocenters. The average molecular weight is 404 g/mol. The van der Waals surface area contributed by atoms with Crippen molar-refractivity contribution in [3.05, 3.63) is 71.4 Å². The first-order valence-corrected chi connectivity index (χ1v) is 10.1. The number of nitrogens with one attached hydrogen (secondary N) is 1. The number of methoxy groups -OCH3 is 1. The minimum absolute atomic E-state index is 0.117. The van der Waals surface area contributed by atoms with Crippen molar-refractivity contribution in [1.29, 1.82) is 0 Å². The maximum absolute atomic E-state index is 13.0. The van der Waals surface area contributed by atoms with E-state index in [0.29, 0.717) is 17.9 Å². The zero-order chi connectivity index (χ0) is 21.3. The van der Waals surface area contributed by atoms with Gasteiger partial charge < -0.3 is 19.7 Å². The Hall–Kier alpha value is -3.54. The van der Waals surface area contributed by atoms with Gasteiger partial charge in [-0.1, -0.05) is 43.7 Å². The summed E-state index contributed by atoms with van der Waals surface area (Å²) in [7, 11) is 1.58. The van der Waals surface area contributed by atoms with Gasteiger partial charge >= 0.3 is 0 Å². The topological polar surface area (TPSA) is 82.6 Å². The highest BCUT2D eigenvalue weighted by Crippen LogP contribution is 2.41. The van der Waals surface area contributed by atoms with E-state index in [1.54, 1.807) is 30.3 Å². The SMILES string of the molecule is CCCCN1C(=O)C(=O)/C(=C(\O)c2c[nH]c3ccccc23)C1c1ccc(OC)cc1. The van der Waals surface area contributed by atoms with Gasteiger partial charge in [-0.05, 0) is 30.2 Å². The van der Waals surface area contributed by atoms with Crippen LogP contribution in [0, 0.1) is 0 Å². The van der Waals surface area contributed by atoms with E-state index in [1.807, 2.05) is 43.3 Å². The Labute approximate surface area is 174 Å². The van der Waals surface area contributed by atoms with Gasteiger partial charge in [-0.3, -0.25) is 9.59 Å². The fraction of sp³-hybridized carbons (Fsp3) is 0.250. The second kappa shape index (κ2) is 8.06. The van der Waals surface area contributed by atoms with Crippen molar-refractivity contribution in [3.8, 4) is 5.75 Å². The largest absolute Gasteiger partial charge is 0.507 e. The van der Waals surface area contributed by atoms with E-state index >= 15 is 0 Å². The Morgan fingerprint density at radius 1 is 1.13 bits per heavy atom. The Balaban J connectivity index is 1.88. The third-order valence-corrected chi connectivity index (χ3v) is 5.57. The first kappa shape index (κ1) is 19.8. The van der Waals surface area contributed by atoms with E-state index in [9.17, 15) is 14.7 Å². The van der Waals surface area contributed by atoms with Crippen molar-refractivity contribution < 1.29 is 19.4 Å². The van der Waals surface area contributed by atoms with Crippen LogP contribution in [0.25, 0.3) is 16.7 Å². The lowest BCUT2D eigenvalue weighted by molar-refractivity contribution is -0.139.